The number of aromatic nitrogens is 1. The van der Waals surface area contributed by atoms with Gasteiger partial charge in [-0.1, -0.05) is 30.3 Å². The standard InChI is InChI=1S/C15H14NO/c1-16-10-6-5-9-15(16)14(12-17)11-13-7-3-2-4-8-13/h2-12H,1H3/q+1. The summed E-state index contributed by atoms with van der Waals surface area (Å²) in [6.45, 7) is 0. The average Bonchev–Trinajstić information content (AvgIpc) is 2.38. The summed E-state index contributed by atoms with van der Waals surface area (Å²) in [6, 6.07) is 15.6. The van der Waals surface area contributed by atoms with Gasteiger partial charge in [-0.15, -0.1) is 0 Å². The van der Waals surface area contributed by atoms with E-state index in [2.05, 4.69) is 0 Å². The van der Waals surface area contributed by atoms with Crippen LogP contribution in [0.3, 0.4) is 0 Å². The van der Waals surface area contributed by atoms with E-state index in [1.54, 1.807) is 0 Å². The molecule has 84 valence electrons. The predicted octanol–water partition coefficient (Wildman–Crippen LogP) is 2.25. The molecule has 0 radical (unpaired) electrons. The second kappa shape index (κ2) is 5.21. The first-order chi connectivity index (χ1) is 8.31. The maximum absolute atomic E-state index is 11.2. The van der Waals surface area contributed by atoms with Gasteiger partial charge in [-0.05, 0) is 17.7 Å². The summed E-state index contributed by atoms with van der Waals surface area (Å²) >= 11 is 0. The number of aryl methyl sites for hydroxylation is 1. The topological polar surface area (TPSA) is 20.9 Å². The quantitative estimate of drug-likeness (QED) is 0.445. The van der Waals surface area contributed by atoms with E-state index in [-0.39, 0.29) is 0 Å². The van der Waals surface area contributed by atoms with E-state index in [1.165, 1.54) is 0 Å². The Labute approximate surface area is 101 Å². The van der Waals surface area contributed by atoms with Crippen molar-refractivity contribution in [2.45, 2.75) is 0 Å². The summed E-state index contributed by atoms with van der Waals surface area (Å²) in [4.78, 5) is 11.2. The Morgan fingerprint density at radius 2 is 1.76 bits per heavy atom. The van der Waals surface area contributed by atoms with Gasteiger partial charge >= 0.3 is 0 Å². The Morgan fingerprint density at radius 3 is 2.41 bits per heavy atom. The first-order valence-corrected chi connectivity index (χ1v) is 5.48. The fourth-order valence-electron chi connectivity index (χ4n) is 1.72. The number of rotatable bonds is 3. The molecule has 17 heavy (non-hydrogen) atoms. The molecule has 0 bridgehead atoms. The lowest BCUT2D eigenvalue weighted by Gasteiger charge is -1.99. The number of hydrogen-bond acceptors (Lipinski definition) is 1. The van der Waals surface area contributed by atoms with E-state index in [1.807, 2.05) is 72.4 Å². The summed E-state index contributed by atoms with van der Waals surface area (Å²) in [5.74, 6) is 0. The van der Waals surface area contributed by atoms with Crippen LogP contribution >= 0.6 is 0 Å². The van der Waals surface area contributed by atoms with Crippen molar-refractivity contribution in [3.05, 3.63) is 66.0 Å². The van der Waals surface area contributed by atoms with Gasteiger partial charge in [0.05, 0.1) is 5.57 Å². The number of aldehydes is 1. The molecule has 2 aromatic rings. The Kier molecular flexibility index (Phi) is 3.46. The fraction of sp³-hybridized carbons (Fsp3) is 0.0667. The Balaban J connectivity index is 2.45. The summed E-state index contributed by atoms with van der Waals surface area (Å²) in [5.41, 5.74) is 2.61. The molecule has 0 saturated heterocycles. The molecule has 0 aliphatic rings. The van der Waals surface area contributed by atoms with E-state index in [9.17, 15) is 4.79 Å². The highest BCUT2D eigenvalue weighted by Crippen LogP contribution is 2.12. The highest BCUT2D eigenvalue weighted by Gasteiger charge is 2.10. The van der Waals surface area contributed by atoms with Crippen LogP contribution in [0.5, 0.6) is 0 Å². The molecule has 0 N–H and O–H groups in total. The smallest absolute Gasteiger partial charge is 0.215 e. The maximum atomic E-state index is 11.2. The van der Waals surface area contributed by atoms with Gasteiger partial charge in [-0.2, -0.15) is 0 Å². The second-order valence-electron chi connectivity index (χ2n) is 3.82. The number of hydrogen-bond donors (Lipinski definition) is 0. The van der Waals surface area contributed by atoms with Crippen molar-refractivity contribution in [1.29, 1.82) is 0 Å². The molecule has 1 aromatic carbocycles. The first kappa shape index (κ1) is 11.3. The molecule has 0 amide bonds. The molecule has 0 unspecified atom stereocenters. The number of carbonyl (C=O) groups is 1. The van der Waals surface area contributed by atoms with Crippen LogP contribution in [0, 0.1) is 0 Å². The number of allylic oxidation sites excluding steroid dienone is 1. The zero-order valence-corrected chi connectivity index (χ0v) is 9.71. The molecule has 2 heteroatoms. The van der Waals surface area contributed by atoms with Crippen molar-refractivity contribution in [3.8, 4) is 0 Å². The summed E-state index contributed by atoms with van der Waals surface area (Å²) < 4.78 is 1.93. The number of pyridine rings is 1. The molecule has 1 aromatic heterocycles. The average molecular weight is 224 g/mol. The highest BCUT2D eigenvalue weighted by atomic mass is 16.1. The predicted molar refractivity (Wildman–Crippen MR) is 68.0 cm³/mol. The number of benzene rings is 1. The van der Waals surface area contributed by atoms with E-state index >= 15 is 0 Å². The minimum absolute atomic E-state index is 0.680. The van der Waals surface area contributed by atoms with Gasteiger partial charge in [0, 0.05) is 12.1 Å². The summed E-state index contributed by atoms with van der Waals surface area (Å²) in [5, 5.41) is 0. The van der Waals surface area contributed by atoms with Crippen LogP contribution < -0.4 is 4.57 Å². The Morgan fingerprint density at radius 1 is 1.06 bits per heavy atom. The minimum atomic E-state index is 0.680. The lowest BCUT2D eigenvalue weighted by Crippen LogP contribution is -2.32. The van der Waals surface area contributed by atoms with E-state index in [0.29, 0.717) is 5.57 Å². The van der Waals surface area contributed by atoms with Crippen molar-refractivity contribution >= 4 is 17.9 Å². The monoisotopic (exact) mass is 224 g/mol. The van der Waals surface area contributed by atoms with Crippen molar-refractivity contribution in [2.24, 2.45) is 7.05 Å². The van der Waals surface area contributed by atoms with Gasteiger partial charge in [0.25, 0.3) is 0 Å². The number of nitrogens with zero attached hydrogens (tertiary/aromatic N) is 1. The largest absolute Gasteiger partial charge is 0.298 e. The third kappa shape index (κ3) is 2.67. The molecule has 0 aliphatic carbocycles. The molecule has 2 nitrogen and oxygen atoms in total. The van der Waals surface area contributed by atoms with Crippen LogP contribution in [0.2, 0.25) is 0 Å². The number of carbonyl (C=O) groups excluding carboxylic acids is 1. The summed E-state index contributed by atoms with van der Waals surface area (Å²) in [6.07, 6.45) is 4.71. The molecule has 1 heterocycles. The lowest BCUT2D eigenvalue weighted by molar-refractivity contribution is -0.673. The molecule has 0 atom stereocenters. The van der Waals surface area contributed by atoms with Crippen LogP contribution in [0.15, 0.2) is 54.7 Å². The van der Waals surface area contributed by atoms with E-state index < -0.39 is 0 Å². The van der Waals surface area contributed by atoms with Gasteiger partial charge in [0.15, 0.2) is 12.5 Å². The van der Waals surface area contributed by atoms with Gasteiger partial charge in [0.1, 0.15) is 7.05 Å². The zero-order valence-electron chi connectivity index (χ0n) is 9.71. The zero-order chi connectivity index (χ0) is 12.1. The molecule has 2 rings (SSSR count). The molecule has 0 aliphatic heterocycles. The minimum Gasteiger partial charge on any atom is -0.298 e. The SMILES string of the molecule is C[n+]1ccccc1C(C=O)=Cc1ccccc1. The molecule has 0 fully saturated rings. The third-order valence-corrected chi connectivity index (χ3v) is 2.60. The molecule has 0 saturated carbocycles. The van der Waals surface area contributed by atoms with Crippen LogP contribution in [0.25, 0.3) is 11.6 Å². The lowest BCUT2D eigenvalue weighted by atomic mass is 10.1. The normalized spacial score (nSPS) is 11.2. The van der Waals surface area contributed by atoms with Gasteiger partial charge in [0.2, 0.25) is 5.69 Å². The van der Waals surface area contributed by atoms with Crippen LogP contribution in [-0.4, -0.2) is 6.29 Å². The molecule has 0 spiro atoms. The van der Waals surface area contributed by atoms with Gasteiger partial charge in [-0.25, -0.2) is 4.57 Å². The summed E-state index contributed by atoms with van der Waals surface area (Å²) in [7, 11) is 1.93. The fourth-order valence-corrected chi connectivity index (χ4v) is 1.72. The van der Waals surface area contributed by atoms with Crippen LogP contribution in [0.1, 0.15) is 11.3 Å². The Bertz CT molecular complexity index is 544. The van der Waals surface area contributed by atoms with Crippen molar-refractivity contribution in [3.63, 3.8) is 0 Å². The van der Waals surface area contributed by atoms with E-state index in [0.717, 1.165) is 17.5 Å². The molecular weight excluding hydrogens is 210 g/mol. The van der Waals surface area contributed by atoms with E-state index in [4.69, 9.17) is 0 Å². The maximum Gasteiger partial charge on any atom is 0.215 e. The van der Waals surface area contributed by atoms with Gasteiger partial charge in [-0.3, -0.25) is 4.79 Å². The highest BCUT2D eigenvalue weighted by molar-refractivity contribution is 6.12. The first-order valence-electron chi connectivity index (χ1n) is 5.48. The third-order valence-electron chi connectivity index (χ3n) is 2.60. The second-order valence-corrected chi connectivity index (χ2v) is 3.82. The van der Waals surface area contributed by atoms with Crippen LogP contribution in [0.4, 0.5) is 0 Å². The molecular formula is C15H14NO+. The Hall–Kier alpha value is -2.22. The van der Waals surface area contributed by atoms with Crippen molar-refractivity contribution < 1.29 is 9.36 Å². The van der Waals surface area contributed by atoms with Crippen molar-refractivity contribution in [1.82, 2.24) is 0 Å². The van der Waals surface area contributed by atoms with Crippen molar-refractivity contribution in [2.75, 3.05) is 0 Å². The van der Waals surface area contributed by atoms with Gasteiger partial charge < -0.3 is 0 Å². The van der Waals surface area contributed by atoms with Crippen LogP contribution in [-0.2, 0) is 11.8 Å².